The van der Waals surface area contributed by atoms with Gasteiger partial charge in [0.2, 0.25) is 5.91 Å². The quantitative estimate of drug-likeness (QED) is 0.519. The van der Waals surface area contributed by atoms with Crippen LogP contribution in [-0.4, -0.2) is 39.4 Å². The fourth-order valence-electron chi connectivity index (χ4n) is 3.18. The van der Waals surface area contributed by atoms with Crippen molar-refractivity contribution >= 4 is 35.0 Å². The van der Waals surface area contributed by atoms with Crippen LogP contribution < -0.4 is 15.4 Å². The summed E-state index contributed by atoms with van der Waals surface area (Å²) in [7, 11) is 1.59. The number of thioether (sulfide) groups is 1. The highest BCUT2D eigenvalue weighted by Crippen LogP contribution is 2.38. The highest BCUT2D eigenvalue weighted by atomic mass is 32.2. The van der Waals surface area contributed by atoms with E-state index in [-0.39, 0.29) is 17.6 Å². The zero-order chi connectivity index (χ0) is 21.8. The average Bonchev–Trinajstić information content (AvgIpc) is 3.55. The van der Waals surface area contributed by atoms with Crippen LogP contribution in [0.25, 0.3) is 0 Å². The molecule has 9 heteroatoms. The van der Waals surface area contributed by atoms with Gasteiger partial charge < -0.3 is 19.9 Å². The Morgan fingerprint density at radius 3 is 2.55 bits per heavy atom. The van der Waals surface area contributed by atoms with E-state index in [0.29, 0.717) is 28.7 Å². The van der Waals surface area contributed by atoms with Gasteiger partial charge in [-0.1, -0.05) is 23.9 Å². The van der Waals surface area contributed by atoms with Gasteiger partial charge in [0, 0.05) is 11.7 Å². The number of amides is 2. The van der Waals surface area contributed by atoms with Crippen molar-refractivity contribution in [2.45, 2.75) is 31.0 Å². The van der Waals surface area contributed by atoms with Crippen LogP contribution in [0.1, 0.15) is 35.1 Å². The maximum Gasteiger partial charge on any atom is 0.257 e. The summed E-state index contributed by atoms with van der Waals surface area (Å²) in [5, 5.41) is 14.7. The van der Waals surface area contributed by atoms with E-state index in [1.165, 1.54) is 11.8 Å². The Morgan fingerprint density at radius 2 is 1.84 bits per heavy atom. The maximum absolute atomic E-state index is 12.8. The highest BCUT2D eigenvalue weighted by molar-refractivity contribution is 7.99. The van der Waals surface area contributed by atoms with Gasteiger partial charge in [0.15, 0.2) is 5.16 Å². The fraction of sp³-hybridized carbons (Fsp3) is 0.273. The fourth-order valence-corrected chi connectivity index (χ4v) is 4.03. The molecule has 2 N–H and O–H groups in total. The number of carbonyl (C=O) groups excluding carboxylic acids is 2. The molecule has 0 aliphatic heterocycles. The number of para-hydroxylation sites is 1. The van der Waals surface area contributed by atoms with Gasteiger partial charge in [0.05, 0.1) is 24.1 Å². The molecule has 4 rings (SSSR count). The number of carbonyl (C=O) groups is 2. The van der Waals surface area contributed by atoms with Crippen molar-refractivity contribution in [1.82, 2.24) is 14.8 Å². The molecule has 1 aliphatic rings. The van der Waals surface area contributed by atoms with E-state index in [1.54, 1.807) is 55.6 Å². The molecule has 0 unspecified atom stereocenters. The number of hydrogen-bond acceptors (Lipinski definition) is 6. The third kappa shape index (κ3) is 5.05. The van der Waals surface area contributed by atoms with E-state index in [9.17, 15) is 9.59 Å². The van der Waals surface area contributed by atoms with Crippen molar-refractivity contribution in [2.75, 3.05) is 23.5 Å². The first-order chi connectivity index (χ1) is 15.0. The summed E-state index contributed by atoms with van der Waals surface area (Å²) in [5.74, 6) is 1.23. The van der Waals surface area contributed by atoms with E-state index >= 15 is 0 Å². The SMILES string of the molecule is COc1ccc(NC(=O)c2ccccc2NC(=O)CSc2nnc(C)n2C2CC2)cc1. The third-order valence-electron chi connectivity index (χ3n) is 4.87. The van der Waals surface area contributed by atoms with Crippen LogP contribution in [0.5, 0.6) is 5.75 Å². The van der Waals surface area contributed by atoms with Crippen LogP contribution in [0.3, 0.4) is 0 Å². The van der Waals surface area contributed by atoms with Crippen molar-refractivity contribution < 1.29 is 14.3 Å². The largest absolute Gasteiger partial charge is 0.497 e. The van der Waals surface area contributed by atoms with Gasteiger partial charge in [-0.25, -0.2) is 0 Å². The minimum atomic E-state index is -0.308. The molecular weight excluding hydrogens is 414 g/mol. The predicted octanol–water partition coefficient (Wildman–Crippen LogP) is 3.91. The normalized spacial score (nSPS) is 13.0. The summed E-state index contributed by atoms with van der Waals surface area (Å²) in [6, 6.07) is 14.4. The Morgan fingerprint density at radius 1 is 1.10 bits per heavy atom. The zero-order valence-electron chi connectivity index (χ0n) is 17.3. The van der Waals surface area contributed by atoms with Crippen molar-refractivity contribution in [3.8, 4) is 5.75 Å². The molecule has 0 radical (unpaired) electrons. The number of anilines is 2. The number of benzene rings is 2. The van der Waals surface area contributed by atoms with E-state index in [2.05, 4.69) is 25.4 Å². The summed E-state index contributed by atoms with van der Waals surface area (Å²) >= 11 is 1.35. The van der Waals surface area contributed by atoms with Crippen molar-refractivity contribution in [2.24, 2.45) is 0 Å². The van der Waals surface area contributed by atoms with Gasteiger partial charge in [0.1, 0.15) is 11.6 Å². The second-order valence-corrected chi connectivity index (χ2v) is 8.14. The first-order valence-corrected chi connectivity index (χ1v) is 10.9. The van der Waals surface area contributed by atoms with E-state index < -0.39 is 0 Å². The Bertz CT molecular complexity index is 1090. The Balaban J connectivity index is 1.39. The number of nitrogens with one attached hydrogen (secondary N) is 2. The summed E-state index contributed by atoms with van der Waals surface area (Å²) in [5.41, 5.74) is 1.48. The summed E-state index contributed by atoms with van der Waals surface area (Å²) in [4.78, 5) is 25.3. The number of ether oxygens (including phenoxy) is 1. The number of aromatic nitrogens is 3. The Hall–Kier alpha value is -3.33. The lowest BCUT2D eigenvalue weighted by Gasteiger charge is -2.12. The zero-order valence-corrected chi connectivity index (χ0v) is 18.1. The molecule has 1 heterocycles. The van der Waals surface area contributed by atoms with Gasteiger partial charge >= 0.3 is 0 Å². The maximum atomic E-state index is 12.8. The van der Waals surface area contributed by atoms with E-state index in [0.717, 1.165) is 23.8 Å². The molecule has 2 amide bonds. The molecular formula is C22H23N5O3S. The van der Waals surface area contributed by atoms with Crippen LogP contribution in [0.4, 0.5) is 11.4 Å². The lowest BCUT2D eigenvalue weighted by atomic mass is 10.1. The standard InChI is InChI=1S/C22H23N5O3S/c1-14-25-26-22(27(14)16-9-10-16)31-13-20(28)24-19-6-4-3-5-18(19)21(29)23-15-7-11-17(30-2)12-8-15/h3-8,11-12,16H,9-10,13H2,1-2H3,(H,23,29)(H,24,28). The predicted molar refractivity (Wildman–Crippen MR) is 120 cm³/mol. The second-order valence-electron chi connectivity index (χ2n) is 7.20. The minimum Gasteiger partial charge on any atom is -0.497 e. The smallest absolute Gasteiger partial charge is 0.257 e. The number of methoxy groups -OCH3 is 1. The van der Waals surface area contributed by atoms with Crippen molar-refractivity contribution in [3.05, 3.63) is 59.9 Å². The monoisotopic (exact) mass is 437 g/mol. The van der Waals surface area contributed by atoms with Gasteiger partial charge in [0.25, 0.3) is 5.91 Å². The van der Waals surface area contributed by atoms with Gasteiger partial charge in [-0.05, 0) is 56.2 Å². The number of hydrogen-bond donors (Lipinski definition) is 2. The number of rotatable bonds is 8. The van der Waals surface area contributed by atoms with Crippen molar-refractivity contribution in [3.63, 3.8) is 0 Å². The van der Waals surface area contributed by atoms with E-state index in [1.807, 2.05) is 6.92 Å². The molecule has 2 aromatic carbocycles. The van der Waals surface area contributed by atoms with E-state index in [4.69, 9.17) is 4.74 Å². The minimum absolute atomic E-state index is 0.180. The topological polar surface area (TPSA) is 98.1 Å². The number of nitrogens with zero attached hydrogens (tertiary/aromatic N) is 3. The molecule has 1 fully saturated rings. The second kappa shape index (κ2) is 9.22. The van der Waals surface area contributed by atoms with Gasteiger partial charge in [-0.15, -0.1) is 10.2 Å². The molecule has 1 saturated carbocycles. The molecule has 1 aliphatic carbocycles. The average molecular weight is 438 g/mol. The van der Waals surface area contributed by atoms with Crippen LogP contribution in [0, 0.1) is 6.92 Å². The van der Waals surface area contributed by atoms with Crippen LogP contribution in [-0.2, 0) is 4.79 Å². The summed E-state index contributed by atoms with van der Waals surface area (Å²) in [6.45, 7) is 1.92. The lowest BCUT2D eigenvalue weighted by molar-refractivity contribution is -0.113. The Labute approximate surface area is 184 Å². The molecule has 160 valence electrons. The first kappa shape index (κ1) is 20.9. The molecule has 0 spiro atoms. The Kier molecular flexibility index (Phi) is 6.22. The van der Waals surface area contributed by atoms with Gasteiger partial charge in [-0.3, -0.25) is 9.59 Å². The molecule has 1 aromatic heterocycles. The summed E-state index contributed by atoms with van der Waals surface area (Å²) < 4.78 is 7.22. The molecule has 0 saturated heterocycles. The third-order valence-corrected chi connectivity index (χ3v) is 5.82. The molecule has 31 heavy (non-hydrogen) atoms. The van der Waals surface area contributed by atoms with Crippen LogP contribution in [0.15, 0.2) is 53.7 Å². The van der Waals surface area contributed by atoms with Crippen LogP contribution in [0.2, 0.25) is 0 Å². The van der Waals surface area contributed by atoms with Crippen LogP contribution >= 0.6 is 11.8 Å². The molecule has 0 atom stereocenters. The molecule has 0 bridgehead atoms. The summed E-state index contributed by atoms with van der Waals surface area (Å²) in [6.07, 6.45) is 2.24. The van der Waals surface area contributed by atoms with Gasteiger partial charge in [-0.2, -0.15) is 0 Å². The number of aryl methyl sites for hydroxylation is 1. The molecule has 3 aromatic rings. The first-order valence-electron chi connectivity index (χ1n) is 9.93. The molecule has 8 nitrogen and oxygen atoms in total. The highest BCUT2D eigenvalue weighted by Gasteiger charge is 2.28. The lowest BCUT2D eigenvalue weighted by Crippen LogP contribution is -2.19. The van der Waals surface area contributed by atoms with Crippen molar-refractivity contribution in [1.29, 1.82) is 0 Å².